The first kappa shape index (κ1) is 20.7. The van der Waals surface area contributed by atoms with Crippen LogP contribution in [-0.2, 0) is 25.5 Å². The van der Waals surface area contributed by atoms with Gasteiger partial charge in [0.05, 0.1) is 6.42 Å². The number of benzene rings is 1. The molecule has 0 aromatic heterocycles. The van der Waals surface area contributed by atoms with Crippen LogP contribution in [0.25, 0.3) is 0 Å². The molecule has 7 heteroatoms. The number of ether oxygens (including phenoxy) is 3. The van der Waals surface area contributed by atoms with Crippen LogP contribution in [0.1, 0.15) is 55.9 Å². The normalized spacial score (nSPS) is 19.5. The molecule has 1 aromatic carbocycles. The van der Waals surface area contributed by atoms with Crippen LogP contribution in [0.2, 0.25) is 0 Å². The van der Waals surface area contributed by atoms with Gasteiger partial charge >= 0.3 is 11.9 Å². The Kier molecular flexibility index (Phi) is 5.82. The molecule has 0 aliphatic carbocycles. The number of carbonyl (C=O) groups is 3. The van der Waals surface area contributed by atoms with Crippen LogP contribution in [0.5, 0.6) is 11.5 Å². The van der Waals surface area contributed by atoms with Crippen molar-refractivity contribution in [1.29, 1.82) is 0 Å². The highest BCUT2D eigenvalue weighted by molar-refractivity contribution is 5.75. The summed E-state index contributed by atoms with van der Waals surface area (Å²) < 4.78 is 17.1. The first-order valence-electron chi connectivity index (χ1n) is 8.91. The molecule has 0 spiro atoms. The van der Waals surface area contributed by atoms with Gasteiger partial charge in [0, 0.05) is 19.4 Å². The van der Waals surface area contributed by atoms with Crippen molar-refractivity contribution < 1.29 is 28.6 Å². The van der Waals surface area contributed by atoms with Crippen LogP contribution >= 0.6 is 0 Å². The van der Waals surface area contributed by atoms with Crippen molar-refractivity contribution in [1.82, 2.24) is 0 Å². The first-order valence-corrected chi connectivity index (χ1v) is 8.91. The molecule has 0 saturated carbocycles. The van der Waals surface area contributed by atoms with E-state index in [1.54, 1.807) is 0 Å². The fraction of sp³-hybridized carbons (Fsp3) is 0.550. The number of primary amides is 1. The van der Waals surface area contributed by atoms with Gasteiger partial charge in [-0.2, -0.15) is 0 Å². The van der Waals surface area contributed by atoms with Crippen molar-refractivity contribution in [2.45, 2.75) is 72.5 Å². The second kappa shape index (κ2) is 7.58. The van der Waals surface area contributed by atoms with E-state index < -0.39 is 23.6 Å². The highest BCUT2D eigenvalue weighted by atomic mass is 16.6. The molecular formula is C20H27NO6. The number of amides is 1. The highest BCUT2D eigenvalue weighted by Gasteiger charge is 2.44. The summed E-state index contributed by atoms with van der Waals surface area (Å²) >= 11 is 0. The lowest BCUT2D eigenvalue weighted by atomic mass is 9.83. The van der Waals surface area contributed by atoms with Crippen LogP contribution in [0.4, 0.5) is 0 Å². The fourth-order valence-corrected chi connectivity index (χ4v) is 3.54. The Bertz CT molecular complexity index is 784. The minimum atomic E-state index is -0.889. The molecule has 0 fully saturated rings. The van der Waals surface area contributed by atoms with Crippen molar-refractivity contribution in [3.05, 3.63) is 22.3 Å². The monoisotopic (exact) mass is 377 g/mol. The molecule has 27 heavy (non-hydrogen) atoms. The molecule has 1 amide bonds. The molecule has 0 radical (unpaired) electrons. The van der Waals surface area contributed by atoms with Crippen LogP contribution in [0.15, 0.2) is 0 Å². The summed E-state index contributed by atoms with van der Waals surface area (Å²) in [6.07, 6.45) is 0.250. The van der Waals surface area contributed by atoms with Gasteiger partial charge in [-0.1, -0.05) is 0 Å². The number of hydrogen-bond donors (Lipinski definition) is 1. The first-order chi connectivity index (χ1) is 12.5. The number of rotatable bonds is 5. The summed E-state index contributed by atoms with van der Waals surface area (Å²) in [6.45, 7) is 10.1. The van der Waals surface area contributed by atoms with Crippen molar-refractivity contribution in [3.8, 4) is 11.5 Å². The topological polar surface area (TPSA) is 105 Å². The predicted molar refractivity (Wildman–Crippen MR) is 98.7 cm³/mol. The molecule has 1 aromatic rings. The van der Waals surface area contributed by atoms with E-state index in [2.05, 4.69) is 0 Å². The van der Waals surface area contributed by atoms with Gasteiger partial charge in [0.2, 0.25) is 5.91 Å². The highest BCUT2D eigenvalue weighted by Crippen LogP contribution is 2.45. The largest absolute Gasteiger partial charge is 0.483 e. The number of carbonyl (C=O) groups excluding carboxylic acids is 3. The quantitative estimate of drug-likeness (QED) is 0.624. The van der Waals surface area contributed by atoms with E-state index >= 15 is 0 Å². The molecule has 0 bridgehead atoms. The van der Waals surface area contributed by atoms with Crippen LogP contribution in [0.3, 0.4) is 0 Å². The van der Waals surface area contributed by atoms with Gasteiger partial charge in [0.1, 0.15) is 23.2 Å². The molecular weight excluding hydrogens is 350 g/mol. The van der Waals surface area contributed by atoms with E-state index in [0.717, 1.165) is 22.3 Å². The third-order valence-electron chi connectivity index (χ3n) is 5.14. The smallest absolute Gasteiger partial charge is 0.308 e. The average Bonchev–Trinajstić information content (AvgIpc) is 2.55. The fourth-order valence-electron chi connectivity index (χ4n) is 3.54. The molecule has 2 unspecified atom stereocenters. The maximum absolute atomic E-state index is 11.5. The van der Waals surface area contributed by atoms with Crippen LogP contribution in [-0.4, -0.2) is 29.6 Å². The predicted octanol–water partition coefficient (Wildman–Crippen LogP) is 2.43. The third kappa shape index (κ3) is 4.23. The van der Waals surface area contributed by atoms with Gasteiger partial charge in [0.15, 0.2) is 0 Å². The minimum absolute atomic E-state index is 0.117. The third-order valence-corrected chi connectivity index (χ3v) is 5.14. The zero-order valence-corrected chi connectivity index (χ0v) is 16.7. The summed E-state index contributed by atoms with van der Waals surface area (Å²) in [5.74, 6) is -0.202. The second-order valence-corrected chi connectivity index (χ2v) is 7.29. The average molecular weight is 377 g/mol. The van der Waals surface area contributed by atoms with E-state index in [9.17, 15) is 14.4 Å². The Morgan fingerprint density at radius 1 is 1.11 bits per heavy atom. The molecule has 2 N–H and O–H groups in total. The summed E-state index contributed by atoms with van der Waals surface area (Å²) in [6, 6.07) is 0. The molecule has 1 aliphatic rings. The van der Waals surface area contributed by atoms with Crippen molar-refractivity contribution in [2.24, 2.45) is 5.73 Å². The van der Waals surface area contributed by atoms with Crippen molar-refractivity contribution in [3.63, 3.8) is 0 Å². The van der Waals surface area contributed by atoms with Crippen molar-refractivity contribution in [2.75, 3.05) is 0 Å². The van der Waals surface area contributed by atoms with Crippen LogP contribution in [0, 0.1) is 20.8 Å². The summed E-state index contributed by atoms with van der Waals surface area (Å²) in [5.41, 5.74) is 7.91. The number of hydrogen-bond acceptors (Lipinski definition) is 6. The van der Waals surface area contributed by atoms with Gasteiger partial charge in [-0.3, -0.25) is 14.4 Å². The Hall–Kier alpha value is -2.57. The molecule has 1 heterocycles. The van der Waals surface area contributed by atoms with Gasteiger partial charge in [-0.05, 0) is 57.2 Å². The lowest BCUT2D eigenvalue weighted by molar-refractivity contribution is -0.161. The molecule has 1 aliphatic heterocycles. The number of nitrogens with two attached hydrogens (primary N) is 1. The lowest BCUT2D eigenvalue weighted by Gasteiger charge is -2.42. The van der Waals surface area contributed by atoms with E-state index in [4.69, 9.17) is 19.9 Å². The van der Waals surface area contributed by atoms with Crippen LogP contribution < -0.4 is 15.2 Å². The zero-order valence-electron chi connectivity index (χ0n) is 16.7. The van der Waals surface area contributed by atoms with E-state index in [0.29, 0.717) is 24.3 Å². The lowest BCUT2D eigenvalue weighted by Crippen LogP contribution is -2.51. The summed E-state index contributed by atoms with van der Waals surface area (Å²) in [5, 5.41) is 0. The van der Waals surface area contributed by atoms with Gasteiger partial charge in [0.25, 0.3) is 0 Å². The van der Waals surface area contributed by atoms with E-state index in [1.807, 2.05) is 27.7 Å². The minimum Gasteiger partial charge on any atom is -0.483 e. The number of esters is 2. The maximum Gasteiger partial charge on any atom is 0.308 e. The molecule has 2 rings (SSSR count). The van der Waals surface area contributed by atoms with Crippen molar-refractivity contribution >= 4 is 17.8 Å². The second-order valence-electron chi connectivity index (χ2n) is 7.29. The van der Waals surface area contributed by atoms with E-state index in [-0.39, 0.29) is 12.4 Å². The van der Waals surface area contributed by atoms with Gasteiger partial charge in [-0.25, -0.2) is 0 Å². The molecule has 7 nitrogen and oxygen atoms in total. The Balaban J connectivity index is 2.48. The van der Waals surface area contributed by atoms with Gasteiger partial charge in [-0.15, -0.1) is 0 Å². The van der Waals surface area contributed by atoms with E-state index in [1.165, 1.54) is 13.8 Å². The molecule has 2 atom stereocenters. The Morgan fingerprint density at radius 3 is 2.26 bits per heavy atom. The Labute approximate surface area is 159 Å². The number of fused-ring (bicyclic) bond motifs is 1. The summed E-state index contributed by atoms with van der Waals surface area (Å²) in [7, 11) is 0. The zero-order chi connectivity index (χ0) is 20.5. The van der Waals surface area contributed by atoms with Gasteiger partial charge < -0.3 is 19.9 Å². The molecule has 0 saturated heterocycles. The standard InChI is InChI=1S/C20H27NO6/c1-10-11(2)19-15(12(3)18(10)26-14(5)23)7-8-20(6,27-19)16(9-17(21)24)25-13(4)22/h16H,7-9H2,1-6H3,(H2,21,24). The summed E-state index contributed by atoms with van der Waals surface area (Å²) in [4.78, 5) is 34.4. The maximum atomic E-state index is 11.5. The molecule has 148 valence electrons. The SMILES string of the molecule is CC(=O)Oc1c(C)c(C)c2c(c1C)CCC(C)(C(CC(N)=O)OC(C)=O)O2. The Morgan fingerprint density at radius 2 is 1.74 bits per heavy atom.